The second-order valence-corrected chi connectivity index (χ2v) is 6.18. The van der Waals surface area contributed by atoms with E-state index in [0.717, 1.165) is 10.9 Å². The van der Waals surface area contributed by atoms with Crippen LogP contribution in [0.3, 0.4) is 0 Å². The molecule has 0 atom stereocenters. The fraction of sp³-hybridized carbons (Fsp3) is 0.250. The number of carbonyl (C=O) groups excluding carboxylic acids is 2. The zero-order chi connectivity index (χ0) is 18.4. The van der Waals surface area contributed by atoms with Gasteiger partial charge in [-0.3, -0.25) is 14.9 Å². The van der Waals surface area contributed by atoms with Crippen molar-refractivity contribution in [2.24, 2.45) is 0 Å². The van der Waals surface area contributed by atoms with E-state index in [1.165, 1.54) is 28.4 Å². The summed E-state index contributed by atoms with van der Waals surface area (Å²) in [6.45, 7) is -0.00132. The molecule has 0 saturated heterocycles. The van der Waals surface area contributed by atoms with Gasteiger partial charge in [0.25, 0.3) is 11.6 Å². The summed E-state index contributed by atoms with van der Waals surface area (Å²) in [4.78, 5) is 36.9. The topological polar surface area (TPSA) is 102 Å². The molecule has 0 unspecified atom stereocenters. The fourth-order valence-corrected chi connectivity index (χ4v) is 2.82. The van der Waals surface area contributed by atoms with E-state index in [1.54, 1.807) is 14.1 Å². The molecule has 0 aliphatic rings. The molecule has 25 heavy (non-hydrogen) atoms. The Hall–Kier alpha value is -2.94. The van der Waals surface area contributed by atoms with Crippen LogP contribution in [0.2, 0.25) is 0 Å². The summed E-state index contributed by atoms with van der Waals surface area (Å²) in [6.07, 6.45) is 0. The quantitative estimate of drug-likeness (QED) is 0.461. The third kappa shape index (κ3) is 4.77. The van der Waals surface area contributed by atoms with Crippen molar-refractivity contribution in [2.45, 2.75) is 6.54 Å². The number of nitro groups is 1. The number of hydrogen-bond donors (Lipinski definition) is 1. The Morgan fingerprint density at radius 3 is 2.72 bits per heavy atom. The van der Waals surface area contributed by atoms with Crippen LogP contribution in [0.1, 0.15) is 15.2 Å². The van der Waals surface area contributed by atoms with Crippen LogP contribution in [-0.2, 0) is 16.1 Å². The van der Waals surface area contributed by atoms with Crippen molar-refractivity contribution in [1.82, 2.24) is 4.90 Å². The third-order valence-electron chi connectivity index (χ3n) is 3.43. The van der Waals surface area contributed by atoms with Gasteiger partial charge in [0.15, 0.2) is 6.61 Å². The lowest BCUT2D eigenvalue weighted by atomic mass is 10.1. The number of carbonyl (C=O) groups is 2. The van der Waals surface area contributed by atoms with Crippen molar-refractivity contribution < 1.29 is 19.2 Å². The molecular weight excluding hydrogens is 346 g/mol. The van der Waals surface area contributed by atoms with Crippen LogP contribution in [-0.4, -0.2) is 42.4 Å². The number of hydrogen-bond acceptors (Lipinski definition) is 7. The van der Waals surface area contributed by atoms with E-state index in [4.69, 9.17) is 4.74 Å². The molecule has 0 aliphatic heterocycles. The van der Waals surface area contributed by atoms with Crippen LogP contribution in [0, 0.1) is 10.1 Å². The molecule has 1 heterocycles. The van der Waals surface area contributed by atoms with Crippen molar-refractivity contribution in [2.75, 3.05) is 26.0 Å². The number of anilines is 1. The summed E-state index contributed by atoms with van der Waals surface area (Å²) in [5, 5.41) is 15.6. The maximum atomic E-state index is 12.0. The Morgan fingerprint density at radius 1 is 1.36 bits per heavy atom. The van der Waals surface area contributed by atoms with Crippen molar-refractivity contribution >= 4 is 34.6 Å². The highest BCUT2D eigenvalue weighted by Gasteiger charge is 2.19. The smallest absolute Gasteiger partial charge is 0.338 e. The molecular formula is C16H17N3O5S. The predicted molar refractivity (Wildman–Crippen MR) is 93.7 cm³/mol. The van der Waals surface area contributed by atoms with Gasteiger partial charge in [-0.05, 0) is 23.6 Å². The number of ether oxygens (including phenoxy) is 1. The highest BCUT2D eigenvalue weighted by molar-refractivity contribution is 7.09. The Morgan fingerprint density at radius 2 is 2.12 bits per heavy atom. The van der Waals surface area contributed by atoms with E-state index < -0.39 is 17.5 Å². The van der Waals surface area contributed by atoms with Gasteiger partial charge in [0, 0.05) is 25.0 Å². The molecule has 0 aliphatic carbocycles. The molecule has 0 bridgehead atoms. The highest BCUT2D eigenvalue weighted by Crippen LogP contribution is 2.25. The molecule has 0 radical (unpaired) electrons. The van der Waals surface area contributed by atoms with Crippen LogP contribution in [0.4, 0.5) is 11.4 Å². The minimum Gasteiger partial charge on any atom is -0.452 e. The zero-order valence-corrected chi connectivity index (χ0v) is 14.5. The van der Waals surface area contributed by atoms with E-state index in [9.17, 15) is 19.7 Å². The Bertz CT molecular complexity index is 776. The molecule has 0 spiro atoms. The predicted octanol–water partition coefficient (Wildman–Crippen LogP) is 2.51. The zero-order valence-electron chi connectivity index (χ0n) is 13.7. The maximum Gasteiger partial charge on any atom is 0.338 e. The normalized spacial score (nSPS) is 10.2. The van der Waals surface area contributed by atoms with Gasteiger partial charge in [-0.1, -0.05) is 6.07 Å². The van der Waals surface area contributed by atoms with Gasteiger partial charge in [0.2, 0.25) is 0 Å². The summed E-state index contributed by atoms with van der Waals surface area (Å²) in [7, 11) is 3.16. The number of amides is 1. The number of benzene rings is 1. The van der Waals surface area contributed by atoms with Crippen LogP contribution in [0.5, 0.6) is 0 Å². The van der Waals surface area contributed by atoms with E-state index in [0.29, 0.717) is 6.54 Å². The number of rotatable bonds is 7. The first kappa shape index (κ1) is 18.4. The van der Waals surface area contributed by atoms with Gasteiger partial charge >= 0.3 is 5.97 Å². The van der Waals surface area contributed by atoms with Crippen molar-refractivity contribution in [1.29, 1.82) is 0 Å². The van der Waals surface area contributed by atoms with Crippen LogP contribution >= 0.6 is 11.3 Å². The van der Waals surface area contributed by atoms with Gasteiger partial charge in [-0.15, -0.1) is 11.3 Å². The molecule has 1 aromatic heterocycles. The number of nitrogens with zero attached hydrogens (tertiary/aromatic N) is 2. The molecule has 1 aromatic carbocycles. The molecule has 132 valence electrons. The first-order chi connectivity index (χ1) is 11.9. The van der Waals surface area contributed by atoms with Gasteiger partial charge in [-0.2, -0.15) is 0 Å². The molecule has 9 heteroatoms. The van der Waals surface area contributed by atoms with E-state index in [2.05, 4.69) is 5.32 Å². The van der Waals surface area contributed by atoms with Crippen molar-refractivity contribution in [3.63, 3.8) is 0 Å². The van der Waals surface area contributed by atoms with Gasteiger partial charge in [0.1, 0.15) is 5.69 Å². The lowest BCUT2D eigenvalue weighted by Gasteiger charge is -2.16. The molecule has 2 aromatic rings. The summed E-state index contributed by atoms with van der Waals surface area (Å²) < 4.78 is 4.97. The monoisotopic (exact) mass is 363 g/mol. The number of nitrogens with one attached hydrogen (secondary N) is 1. The number of nitro benzene ring substituents is 1. The third-order valence-corrected chi connectivity index (χ3v) is 4.29. The number of likely N-dealkylation sites (N-methyl/N-ethyl adjacent to an activating group) is 1. The maximum absolute atomic E-state index is 12.0. The minimum absolute atomic E-state index is 0.0133. The lowest BCUT2D eigenvalue weighted by Crippen LogP contribution is -2.30. The first-order valence-electron chi connectivity index (χ1n) is 7.32. The lowest BCUT2D eigenvalue weighted by molar-refractivity contribution is -0.384. The van der Waals surface area contributed by atoms with Gasteiger partial charge in [-0.25, -0.2) is 4.79 Å². The first-order valence-corrected chi connectivity index (χ1v) is 8.20. The molecule has 0 fully saturated rings. The standard InChI is InChI=1S/C16H17N3O5S/c1-17-13-6-5-11(8-14(13)19(22)23)16(21)24-10-15(20)18(2)9-12-4-3-7-25-12/h3-8,17H,9-10H2,1-2H3. The van der Waals surface area contributed by atoms with E-state index >= 15 is 0 Å². The molecule has 0 saturated carbocycles. The van der Waals surface area contributed by atoms with Gasteiger partial charge in [0.05, 0.1) is 17.0 Å². The SMILES string of the molecule is CNc1ccc(C(=O)OCC(=O)N(C)Cc2cccs2)cc1[N+](=O)[O-]. The highest BCUT2D eigenvalue weighted by atomic mass is 32.1. The summed E-state index contributed by atoms with van der Waals surface area (Å²) in [5.74, 6) is -1.15. The minimum atomic E-state index is -0.788. The van der Waals surface area contributed by atoms with Crippen molar-refractivity contribution in [3.05, 3.63) is 56.3 Å². The Balaban J connectivity index is 1.96. The van der Waals surface area contributed by atoms with E-state index in [1.807, 2.05) is 17.5 Å². The molecule has 2 rings (SSSR count). The largest absolute Gasteiger partial charge is 0.452 e. The van der Waals surface area contributed by atoms with Crippen LogP contribution in [0.15, 0.2) is 35.7 Å². The molecule has 1 amide bonds. The Kier molecular flexibility index (Phi) is 6.07. The van der Waals surface area contributed by atoms with Crippen LogP contribution in [0.25, 0.3) is 0 Å². The Labute approximate surface area is 148 Å². The average molecular weight is 363 g/mol. The van der Waals surface area contributed by atoms with Crippen molar-refractivity contribution in [3.8, 4) is 0 Å². The summed E-state index contributed by atoms with van der Waals surface area (Å²) in [5.41, 5.74) is 0.0609. The second kappa shape index (κ2) is 8.25. The number of thiophene rings is 1. The summed E-state index contributed by atoms with van der Waals surface area (Å²) in [6, 6.07) is 7.73. The molecule has 1 N–H and O–H groups in total. The van der Waals surface area contributed by atoms with Gasteiger partial charge < -0.3 is 15.0 Å². The molecule has 8 nitrogen and oxygen atoms in total. The number of esters is 1. The van der Waals surface area contributed by atoms with E-state index in [-0.39, 0.29) is 22.8 Å². The second-order valence-electron chi connectivity index (χ2n) is 5.14. The summed E-state index contributed by atoms with van der Waals surface area (Å²) >= 11 is 1.53. The average Bonchev–Trinajstić information content (AvgIpc) is 3.11. The van der Waals surface area contributed by atoms with Crippen LogP contribution < -0.4 is 5.32 Å². The fourth-order valence-electron chi connectivity index (χ4n) is 2.07.